The molecule has 0 saturated carbocycles. The van der Waals surface area contributed by atoms with Crippen LogP contribution in [0.4, 0.5) is 0 Å². The van der Waals surface area contributed by atoms with Crippen molar-refractivity contribution >= 4 is 21.8 Å². The van der Waals surface area contributed by atoms with Gasteiger partial charge in [-0.05, 0) is 24.6 Å². The highest BCUT2D eigenvalue weighted by Crippen LogP contribution is 2.22. The van der Waals surface area contributed by atoms with Crippen LogP contribution in [0, 0.1) is 12.3 Å². The van der Waals surface area contributed by atoms with E-state index in [1.54, 1.807) is 6.92 Å². The molecule has 0 aliphatic heterocycles. The normalized spacial score (nSPS) is 9.58. The average Bonchev–Trinajstić information content (AvgIpc) is 1.96. The van der Waals surface area contributed by atoms with E-state index < -0.39 is 0 Å². The van der Waals surface area contributed by atoms with E-state index in [2.05, 4.69) is 15.9 Å². The first-order valence-electron chi connectivity index (χ1n) is 3.59. The molecule has 1 N–H and O–H groups in total. The van der Waals surface area contributed by atoms with E-state index in [-0.39, 0.29) is 5.90 Å². The Labute approximate surface area is 80.2 Å². The topological polar surface area (TPSA) is 33.1 Å². The molecule has 3 heteroatoms. The molecule has 1 rings (SSSR count). The number of halogens is 1. The van der Waals surface area contributed by atoms with Crippen LogP contribution in [0.25, 0.3) is 0 Å². The maximum absolute atomic E-state index is 7.16. The molecule has 0 bridgehead atoms. The van der Waals surface area contributed by atoms with Gasteiger partial charge in [0.15, 0.2) is 5.90 Å². The molecule has 0 fully saturated rings. The highest BCUT2D eigenvalue weighted by atomic mass is 79.9. The summed E-state index contributed by atoms with van der Waals surface area (Å²) >= 11 is 3.34. The van der Waals surface area contributed by atoms with Gasteiger partial charge < -0.3 is 4.74 Å². The molecule has 0 aliphatic rings. The van der Waals surface area contributed by atoms with Crippen molar-refractivity contribution < 1.29 is 4.74 Å². The molecule has 0 heterocycles. The Bertz CT molecular complexity index is 309. The van der Waals surface area contributed by atoms with Gasteiger partial charge in [0.05, 0.1) is 0 Å². The molecule has 64 valence electrons. The SMILES string of the molecule is CC(=N)Oc1cc(Br)ccc1C. The molecule has 0 saturated heterocycles. The lowest BCUT2D eigenvalue weighted by molar-refractivity contribution is 0.537. The maximum atomic E-state index is 7.16. The summed E-state index contributed by atoms with van der Waals surface area (Å²) in [5, 5.41) is 7.16. The van der Waals surface area contributed by atoms with Crippen LogP contribution in [-0.4, -0.2) is 5.90 Å². The Kier molecular flexibility index (Phi) is 2.87. The van der Waals surface area contributed by atoms with Gasteiger partial charge in [-0.25, -0.2) is 0 Å². The molecule has 0 radical (unpaired) electrons. The van der Waals surface area contributed by atoms with Gasteiger partial charge in [-0.15, -0.1) is 0 Å². The number of aryl methyl sites for hydroxylation is 1. The first-order chi connectivity index (χ1) is 5.59. The van der Waals surface area contributed by atoms with E-state index in [9.17, 15) is 0 Å². The maximum Gasteiger partial charge on any atom is 0.184 e. The smallest absolute Gasteiger partial charge is 0.184 e. The molecule has 0 aromatic heterocycles. The van der Waals surface area contributed by atoms with Gasteiger partial charge in [0.1, 0.15) is 5.75 Å². The third-order valence-corrected chi connectivity index (χ3v) is 1.91. The molecule has 1 aromatic rings. The van der Waals surface area contributed by atoms with Crippen LogP contribution in [0.5, 0.6) is 5.75 Å². The van der Waals surface area contributed by atoms with Crippen LogP contribution >= 0.6 is 15.9 Å². The van der Waals surface area contributed by atoms with E-state index in [1.807, 2.05) is 25.1 Å². The second-order valence-corrected chi connectivity index (χ2v) is 3.48. The van der Waals surface area contributed by atoms with Gasteiger partial charge >= 0.3 is 0 Å². The zero-order valence-corrected chi connectivity index (χ0v) is 8.60. The monoisotopic (exact) mass is 227 g/mol. The number of hydrogen-bond donors (Lipinski definition) is 1. The lowest BCUT2D eigenvalue weighted by Crippen LogP contribution is -2.01. The minimum atomic E-state index is 0.205. The molecule has 0 spiro atoms. The summed E-state index contributed by atoms with van der Waals surface area (Å²) in [6.07, 6.45) is 0. The molecule has 1 aromatic carbocycles. The van der Waals surface area contributed by atoms with Crippen molar-refractivity contribution in [2.45, 2.75) is 13.8 Å². The van der Waals surface area contributed by atoms with Crippen LogP contribution in [0.2, 0.25) is 0 Å². The van der Waals surface area contributed by atoms with Gasteiger partial charge in [-0.3, -0.25) is 5.41 Å². The Morgan fingerprint density at radius 2 is 2.17 bits per heavy atom. The number of benzene rings is 1. The molecule has 0 unspecified atom stereocenters. The molecule has 0 atom stereocenters. The fraction of sp³-hybridized carbons (Fsp3) is 0.222. The van der Waals surface area contributed by atoms with Crippen molar-refractivity contribution in [3.8, 4) is 5.75 Å². The summed E-state index contributed by atoms with van der Waals surface area (Å²) in [5.74, 6) is 0.938. The second-order valence-electron chi connectivity index (χ2n) is 2.57. The molecule has 0 amide bonds. The zero-order chi connectivity index (χ0) is 9.14. The van der Waals surface area contributed by atoms with E-state index >= 15 is 0 Å². The fourth-order valence-corrected chi connectivity index (χ4v) is 1.19. The summed E-state index contributed by atoms with van der Waals surface area (Å²) in [7, 11) is 0. The summed E-state index contributed by atoms with van der Waals surface area (Å²) in [4.78, 5) is 0. The van der Waals surface area contributed by atoms with E-state index in [1.165, 1.54) is 0 Å². The van der Waals surface area contributed by atoms with Crippen molar-refractivity contribution in [3.05, 3.63) is 28.2 Å². The summed E-state index contributed by atoms with van der Waals surface area (Å²) in [6.45, 7) is 3.56. The largest absolute Gasteiger partial charge is 0.444 e. The van der Waals surface area contributed by atoms with Crippen molar-refractivity contribution in [1.82, 2.24) is 0 Å². The van der Waals surface area contributed by atoms with Crippen molar-refractivity contribution in [3.63, 3.8) is 0 Å². The van der Waals surface area contributed by atoms with Gasteiger partial charge in [0.2, 0.25) is 0 Å². The highest BCUT2D eigenvalue weighted by molar-refractivity contribution is 9.10. The first-order valence-corrected chi connectivity index (χ1v) is 4.38. The Balaban J connectivity index is 2.97. The van der Waals surface area contributed by atoms with E-state index in [0.29, 0.717) is 0 Å². The average molecular weight is 228 g/mol. The van der Waals surface area contributed by atoms with E-state index in [0.717, 1.165) is 15.8 Å². The number of hydrogen-bond acceptors (Lipinski definition) is 2. The van der Waals surface area contributed by atoms with Crippen molar-refractivity contribution in [2.24, 2.45) is 0 Å². The summed E-state index contributed by atoms with van der Waals surface area (Å²) < 4.78 is 6.14. The van der Waals surface area contributed by atoms with Gasteiger partial charge in [0.25, 0.3) is 0 Å². The molecular weight excluding hydrogens is 218 g/mol. The molecule has 0 aliphatic carbocycles. The lowest BCUT2D eigenvalue weighted by atomic mass is 10.2. The van der Waals surface area contributed by atoms with Gasteiger partial charge in [-0.2, -0.15) is 0 Å². The van der Waals surface area contributed by atoms with Crippen LogP contribution in [0.3, 0.4) is 0 Å². The fourth-order valence-electron chi connectivity index (χ4n) is 0.849. The predicted octanol–water partition coefficient (Wildman–Crippen LogP) is 3.13. The molecular formula is C9H10BrNO. The minimum Gasteiger partial charge on any atom is -0.444 e. The quantitative estimate of drug-likeness (QED) is 0.581. The van der Waals surface area contributed by atoms with Crippen LogP contribution in [-0.2, 0) is 0 Å². The Morgan fingerprint density at radius 3 is 2.75 bits per heavy atom. The van der Waals surface area contributed by atoms with Crippen LogP contribution in [0.1, 0.15) is 12.5 Å². The second kappa shape index (κ2) is 3.72. The number of nitrogens with one attached hydrogen (secondary N) is 1. The molecule has 2 nitrogen and oxygen atoms in total. The van der Waals surface area contributed by atoms with Crippen LogP contribution < -0.4 is 4.74 Å². The van der Waals surface area contributed by atoms with Crippen LogP contribution in [0.15, 0.2) is 22.7 Å². The van der Waals surface area contributed by atoms with Crippen molar-refractivity contribution in [2.75, 3.05) is 0 Å². The molecule has 12 heavy (non-hydrogen) atoms. The lowest BCUT2D eigenvalue weighted by Gasteiger charge is -2.06. The highest BCUT2D eigenvalue weighted by Gasteiger charge is 2.00. The van der Waals surface area contributed by atoms with E-state index in [4.69, 9.17) is 10.1 Å². The van der Waals surface area contributed by atoms with Gasteiger partial charge in [0, 0.05) is 11.4 Å². The summed E-state index contributed by atoms with van der Waals surface area (Å²) in [5.41, 5.74) is 1.03. The first kappa shape index (κ1) is 9.26. The third kappa shape index (κ3) is 2.34. The zero-order valence-electron chi connectivity index (χ0n) is 7.02. The number of ether oxygens (including phenoxy) is 1. The third-order valence-electron chi connectivity index (χ3n) is 1.41. The van der Waals surface area contributed by atoms with Crippen molar-refractivity contribution in [1.29, 1.82) is 5.41 Å². The predicted molar refractivity (Wildman–Crippen MR) is 52.9 cm³/mol. The Morgan fingerprint density at radius 1 is 1.50 bits per heavy atom. The summed E-state index contributed by atoms with van der Waals surface area (Å²) in [6, 6.07) is 5.75. The Hall–Kier alpha value is -0.830. The minimum absolute atomic E-state index is 0.205. The number of rotatable bonds is 1. The van der Waals surface area contributed by atoms with Gasteiger partial charge in [-0.1, -0.05) is 22.0 Å². The standard InChI is InChI=1S/C9H10BrNO/c1-6-3-4-8(10)5-9(6)12-7(2)11/h3-5,11H,1-2H3.